The highest BCUT2D eigenvalue weighted by Gasteiger charge is 2.15. The molecule has 2 aromatic rings. The molecule has 5 nitrogen and oxygen atoms in total. The maximum absolute atomic E-state index is 12.1. The van der Waals surface area contributed by atoms with Crippen LogP contribution in [0.1, 0.15) is 11.6 Å². The minimum Gasteiger partial charge on any atom is -0.497 e. The zero-order valence-electron chi connectivity index (χ0n) is 14.0. The first-order valence-electron chi connectivity index (χ1n) is 7.60. The van der Waals surface area contributed by atoms with Gasteiger partial charge in [0, 0.05) is 17.3 Å². The number of amides is 2. The van der Waals surface area contributed by atoms with E-state index in [9.17, 15) is 4.79 Å². The summed E-state index contributed by atoms with van der Waals surface area (Å²) in [5, 5.41) is 6.25. The molecule has 0 fully saturated rings. The molecular formula is C18H22ClN3O2. The van der Waals surface area contributed by atoms with Crippen LogP contribution in [0.25, 0.3) is 0 Å². The summed E-state index contributed by atoms with van der Waals surface area (Å²) in [4.78, 5) is 14.1. The fourth-order valence-corrected chi connectivity index (χ4v) is 2.55. The van der Waals surface area contributed by atoms with Crippen LogP contribution in [0.15, 0.2) is 48.5 Å². The summed E-state index contributed by atoms with van der Waals surface area (Å²) < 4.78 is 5.18. The molecule has 2 amide bonds. The fraction of sp³-hybridized carbons (Fsp3) is 0.278. The molecule has 1 atom stereocenters. The number of hydrogen-bond acceptors (Lipinski definition) is 3. The van der Waals surface area contributed by atoms with Gasteiger partial charge in [0.1, 0.15) is 5.75 Å². The molecule has 0 radical (unpaired) electrons. The molecule has 128 valence electrons. The molecule has 0 unspecified atom stereocenters. The van der Waals surface area contributed by atoms with Crippen molar-refractivity contribution in [2.75, 3.05) is 33.1 Å². The Balaban J connectivity index is 1.96. The molecule has 0 spiro atoms. The van der Waals surface area contributed by atoms with Gasteiger partial charge in [0.2, 0.25) is 0 Å². The third-order valence-corrected chi connectivity index (χ3v) is 3.90. The van der Waals surface area contributed by atoms with Crippen LogP contribution in [0.3, 0.4) is 0 Å². The summed E-state index contributed by atoms with van der Waals surface area (Å²) in [6.45, 7) is 0.478. The summed E-state index contributed by atoms with van der Waals surface area (Å²) in [6, 6.07) is 14.7. The predicted octanol–water partition coefficient (Wildman–Crippen LogP) is 3.77. The number of ether oxygens (including phenoxy) is 1. The SMILES string of the molecule is COc1ccc([C@H](CNC(=O)Nc2cccc(Cl)c2)N(C)C)cc1. The Morgan fingerprint density at radius 1 is 1.21 bits per heavy atom. The number of hydrogen-bond donors (Lipinski definition) is 2. The van der Waals surface area contributed by atoms with E-state index in [1.54, 1.807) is 31.4 Å². The lowest BCUT2D eigenvalue weighted by Gasteiger charge is -2.25. The number of nitrogens with zero attached hydrogens (tertiary/aromatic N) is 1. The quantitative estimate of drug-likeness (QED) is 0.836. The van der Waals surface area contributed by atoms with Gasteiger partial charge in [-0.3, -0.25) is 0 Å². The van der Waals surface area contributed by atoms with Gasteiger partial charge in [-0.1, -0.05) is 29.8 Å². The van der Waals surface area contributed by atoms with Crippen LogP contribution < -0.4 is 15.4 Å². The van der Waals surface area contributed by atoms with Gasteiger partial charge in [0.15, 0.2) is 0 Å². The number of benzene rings is 2. The maximum Gasteiger partial charge on any atom is 0.319 e. The number of carbonyl (C=O) groups is 1. The number of methoxy groups -OCH3 is 1. The van der Waals surface area contributed by atoms with Gasteiger partial charge in [-0.25, -0.2) is 4.79 Å². The first-order valence-corrected chi connectivity index (χ1v) is 7.98. The second-order valence-corrected chi connectivity index (χ2v) is 6.03. The number of halogens is 1. The second kappa shape index (κ2) is 8.57. The number of rotatable bonds is 6. The normalized spacial score (nSPS) is 11.9. The van der Waals surface area contributed by atoms with Gasteiger partial charge in [-0.05, 0) is 50.0 Å². The first kappa shape index (κ1) is 18.1. The highest BCUT2D eigenvalue weighted by molar-refractivity contribution is 6.30. The Morgan fingerprint density at radius 2 is 1.92 bits per heavy atom. The van der Waals surface area contributed by atoms with E-state index in [2.05, 4.69) is 15.5 Å². The van der Waals surface area contributed by atoms with E-state index in [4.69, 9.17) is 16.3 Å². The van der Waals surface area contributed by atoms with Crippen molar-refractivity contribution in [3.05, 3.63) is 59.1 Å². The van der Waals surface area contributed by atoms with Gasteiger partial charge < -0.3 is 20.3 Å². The van der Waals surface area contributed by atoms with Crippen LogP contribution in [0.4, 0.5) is 10.5 Å². The Morgan fingerprint density at radius 3 is 2.50 bits per heavy atom. The molecule has 0 aliphatic heterocycles. The fourth-order valence-electron chi connectivity index (χ4n) is 2.36. The van der Waals surface area contributed by atoms with Crippen LogP contribution in [0, 0.1) is 0 Å². The highest BCUT2D eigenvalue weighted by atomic mass is 35.5. The lowest BCUT2D eigenvalue weighted by molar-refractivity contribution is 0.243. The van der Waals surface area contributed by atoms with Crippen molar-refractivity contribution in [3.8, 4) is 5.75 Å². The Labute approximate surface area is 147 Å². The molecule has 0 aliphatic carbocycles. The van der Waals surface area contributed by atoms with Gasteiger partial charge >= 0.3 is 6.03 Å². The molecule has 0 heterocycles. The predicted molar refractivity (Wildman–Crippen MR) is 97.9 cm³/mol. The Hall–Kier alpha value is -2.24. The smallest absolute Gasteiger partial charge is 0.319 e. The van der Waals surface area contributed by atoms with E-state index in [0.29, 0.717) is 17.3 Å². The van der Waals surface area contributed by atoms with Crippen LogP contribution in [0.5, 0.6) is 5.75 Å². The lowest BCUT2D eigenvalue weighted by Crippen LogP contribution is -2.36. The van der Waals surface area contributed by atoms with Crippen LogP contribution in [-0.2, 0) is 0 Å². The lowest BCUT2D eigenvalue weighted by atomic mass is 10.1. The summed E-state index contributed by atoms with van der Waals surface area (Å²) >= 11 is 5.91. The van der Waals surface area contributed by atoms with Crippen LogP contribution >= 0.6 is 11.6 Å². The van der Waals surface area contributed by atoms with Crippen LogP contribution in [-0.4, -0.2) is 38.7 Å². The maximum atomic E-state index is 12.1. The zero-order valence-corrected chi connectivity index (χ0v) is 14.8. The molecular weight excluding hydrogens is 326 g/mol. The molecule has 0 saturated heterocycles. The van der Waals surface area contributed by atoms with Crippen molar-refractivity contribution >= 4 is 23.3 Å². The third kappa shape index (κ3) is 5.15. The van der Waals surface area contributed by atoms with Gasteiger partial charge in [0.25, 0.3) is 0 Å². The number of carbonyl (C=O) groups excluding carboxylic acids is 1. The minimum absolute atomic E-state index is 0.0565. The van der Waals surface area contributed by atoms with Gasteiger partial charge in [-0.2, -0.15) is 0 Å². The number of urea groups is 1. The molecule has 0 aliphatic rings. The Bertz CT molecular complexity index is 674. The van der Waals surface area contributed by atoms with Crippen molar-refractivity contribution in [3.63, 3.8) is 0 Å². The second-order valence-electron chi connectivity index (χ2n) is 5.60. The Kier molecular flexibility index (Phi) is 6.46. The summed E-state index contributed by atoms with van der Waals surface area (Å²) in [6.07, 6.45) is 0. The molecule has 2 N–H and O–H groups in total. The summed E-state index contributed by atoms with van der Waals surface area (Å²) in [5.41, 5.74) is 1.76. The average molecular weight is 348 g/mol. The van der Waals surface area contributed by atoms with E-state index < -0.39 is 0 Å². The highest BCUT2D eigenvalue weighted by Crippen LogP contribution is 2.21. The van der Waals surface area contributed by atoms with Crippen molar-refractivity contribution in [1.29, 1.82) is 0 Å². The van der Waals surface area contributed by atoms with Crippen LogP contribution in [0.2, 0.25) is 5.02 Å². The molecule has 2 aromatic carbocycles. The molecule has 0 bridgehead atoms. The topological polar surface area (TPSA) is 53.6 Å². The minimum atomic E-state index is -0.266. The van der Waals surface area contributed by atoms with Crippen molar-refractivity contribution < 1.29 is 9.53 Å². The first-order chi connectivity index (χ1) is 11.5. The number of nitrogens with one attached hydrogen (secondary N) is 2. The van der Waals surface area contributed by atoms with E-state index in [-0.39, 0.29) is 12.1 Å². The molecule has 6 heteroatoms. The van der Waals surface area contributed by atoms with Gasteiger partial charge in [0.05, 0.1) is 13.2 Å². The van der Waals surface area contributed by atoms with E-state index in [1.165, 1.54) is 0 Å². The summed E-state index contributed by atoms with van der Waals surface area (Å²) in [5.74, 6) is 0.808. The van der Waals surface area contributed by atoms with Crippen molar-refractivity contribution in [1.82, 2.24) is 10.2 Å². The third-order valence-electron chi connectivity index (χ3n) is 3.66. The average Bonchev–Trinajstić information content (AvgIpc) is 2.55. The molecule has 24 heavy (non-hydrogen) atoms. The number of likely N-dealkylation sites (N-methyl/N-ethyl adjacent to an activating group) is 1. The van der Waals surface area contributed by atoms with Crippen molar-refractivity contribution in [2.45, 2.75) is 6.04 Å². The largest absolute Gasteiger partial charge is 0.497 e. The zero-order chi connectivity index (χ0) is 17.5. The van der Waals surface area contributed by atoms with Crippen molar-refractivity contribution in [2.24, 2.45) is 0 Å². The monoisotopic (exact) mass is 347 g/mol. The molecule has 0 saturated carbocycles. The van der Waals surface area contributed by atoms with Gasteiger partial charge in [-0.15, -0.1) is 0 Å². The van der Waals surface area contributed by atoms with E-state index >= 15 is 0 Å². The standard InChI is InChI=1S/C18H22ClN3O2/c1-22(2)17(13-7-9-16(24-3)10-8-13)12-20-18(23)21-15-6-4-5-14(19)11-15/h4-11,17H,12H2,1-3H3,(H2,20,21,23)/t17-/m0/s1. The number of anilines is 1. The molecule has 2 rings (SSSR count). The van der Waals surface area contributed by atoms with E-state index in [1.807, 2.05) is 38.4 Å². The summed E-state index contributed by atoms with van der Waals surface area (Å²) in [7, 11) is 5.59. The molecule has 0 aromatic heterocycles. The van der Waals surface area contributed by atoms with E-state index in [0.717, 1.165) is 11.3 Å².